The Kier molecular flexibility index (Phi) is 5.19. The zero-order chi connectivity index (χ0) is 15.4. The molecule has 1 aliphatic rings. The highest BCUT2D eigenvalue weighted by atomic mass is 32.1. The number of rotatable bonds is 5. The molecule has 1 unspecified atom stereocenters. The quantitative estimate of drug-likeness (QED) is 0.835. The van der Waals surface area contributed by atoms with Crippen molar-refractivity contribution >= 4 is 28.3 Å². The zero-order valence-corrected chi connectivity index (χ0v) is 13.0. The fourth-order valence-corrected chi connectivity index (χ4v) is 3.32. The molecule has 1 atom stereocenters. The minimum absolute atomic E-state index is 0.172. The first-order valence-corrected chi connectivity index (χ1v) is 7.72. The van der Waals surface area contributed by atoms with Crippen LogP contribution in [0.3, 0.4) is 0 Å². The van der Waals surface area contributed by atoms with Gasteiger partial charge in [-0.1, -0.05) is 0 Å². The number of esters is 2. The molecule has 0 amide bonds. The van der Waals surface area contributed by atoms with Crippen LogP contribution >= 0.6 is 11.3 Å². The van der Waals surface area contributed by atoms with Gasteiger partial charge >= 0.3 is 11.9 Å². The molecule has 0 aliphatic carbocycles. The summed E-state index contributed by atoms with van der Waals surface area (Å²) < 4.78 is 15.6. The summed E-state index contributed by atoms with van der Waals surface area (Å²) in [5.41, 5.74) is 7.19. The Morgan fingerprint density at radius 1 is 1.33 bits per heavy atom. The van der Waals surface area contributed by atoms with Gasteiger partial charge in [-0.15, -0.1) is 11.3 Å². The van der Waals surface area contributed by atoms with Crippen LogP contribution in [0.15, 0.2) is 0 Å². The van der Waals surface area contributed by atoms with E-state index in [1.54, 1.807) is 13.8 Å². The predicted octanol–water partition coefficient (Wildman–Crippen LogP) is 1.90. The van der Waals surface area contributed by atoms with Gasteiger partial charge in [0.2, 0.25) is 0 Å². The topological polar surface area (TPSA) is 87.9 Å². The number of carbonyl (C=O) groups is 2. The minimum atomic E-state index is -0.413. The maximum Gasteiger partial charge on any atom is 0.341 e. The van der Waals surface area contributed by atoms with Gasteiger partial charge in [0.1, 0.15) is 5.00 Å². The lowest BCUT2D eigenvalue weighted by Gasteiger charge is -2.22. The van der Waals surface area contributed by atoms with Gasteiger partial charge in [0.25, 0.3) is 0 Å². The number of nitrogen functional groups attached to an aromatic ring is 1. The largest absolute Gasteiger partial charge is 0.466 e. The average molecular weight is 313 g/mol. The van der Waals surface area contributed by atoms with Gasteiger partial charge in [0.15, 0.2) is 0 Å². The van der Waals surface area contributed by atoms with E-state index in [4.69, 9.17) is 19.9 Å². The number of carbonyl (C=O) groups excluding carboxylic acids is 2. The maximum absolute atomic E-state index is 12.0. The van der Waals surface area contributed by atoms with E-state index in [1.807, 2.05) is 0 Å². The predicted molar refractivity (Wildman–Crippen MR) is 78.2 cm³/mol. The van der Waals surface area contributed by atoms with Crippen LogP contribution in [-0.2, 0) is 32.0 Å². The maximum atomic E-state index is 12.0. The molecule has 1 aromatic rings. The highest BCUT2D eigenvalue weighted by Crippen LogP contribution is 2.36. The smallest absolute Gasteiger partial charge is 0.341 e. The monoisotopic (exact) mass is 313 g/mol. The first-order valence-electron chi connectivity index (χ1n) is 6.91. The van der Waals surface area contributed by atoms with E-state index in [-0.39, 0.29) is 18.5 Å². The molecule has 0 saturated heterocycles. The first kappa shape index (κ1) is 15.8. The van der Waals surface area contributed by atoms with E-state index in [0.29, 0.717) is 36.8 Å². The molecule has 6 nitrogen and oxygen atoms in total. The normalized spacial score (nSPS) is 17.1. The summed E-state index contributed by atoms with van der Waals surface area (Å²) in [4.78, 5) is 24.5. The fraction of sp³-hybridized carbons (Fsp3) is 0.571. The van der Waals surface area contributed by atoms with Crippen LogP contribution in [0.5, 0.6) is 0 Å². The van der Waals surface area contributed by atoms with Gasteiger partial charge in [0, 0.05) is 11.3 Å². The summed E-state index contributed by atoms with van der Waals surface area (Å²) in [7, 11) is 0. The molecule has 2 rings (SSSR count). The lowest BCUT2D eigenvalue weighted by molar-refractivity contribution is -0.146. The van der Waals surface area contributed by atoms with Crippen LogP contribution < -0.4 is 5.73 Å². The van der Waals surface area contributed by atoms with Crippen molar-refractivity contribution < 1.29 is 23.8 Å². The van der Waals surface area contributed by atoms with Gasteiger partial charge in [-0.05, 0) is 19.4 Å². The zero-order valence-electron chi connectivity index (χ0n) is 12.1. The van der Waals surface area contributed by atoms with Gasteiger partial charge in [0.05, 0.1) is 37.9 Å². The number of fused-ring (bicyclic) bond motifs is 1. The second-order valence-corrected chi connectivity index (χ2v) is 5.75. The third kappa shape index (κ3) is 3.54. The van der Waals surface area contributed by atoms with E-state index in [1.165, 1.54) is 11.3 Å². The van der Waals surface area contributed by atoms with Gasteiger partial charge in [-0.3, -0.25) is 4.79 Å². The molecule has 116 valence electrons. The first-order chi connectivity index (χ1) is 10.1. The van der Waals surface area contributed by atoms with Gasteiger partial charge < -0.3 is 19.9 Å². The molecule has 2 N–H and O–H groups in total. The SMILES string of the molecule is CCOC(=O)CC1Cc2c(sc(N)c2C(=O)OCC)CO1. The van der Waals surface area contributed by atoms with Crippen molar-refractivity contribution in [2.24, 2.45) is 0 Å². The summed E-state index contributed by atoms with van der Waals surface area (Å²) in [5.74, 6) is -0.712. The number of thiophene rings is 1. The Labute approximate surface area is 127 Å². The van der Waals surface area contributed by atoms with Crippen molar-refractivity contribution in [3.05, 3.63) is 16.0 Å². The molecular formula is C14H19NO5S. The summed E-state index contributed by atoms with van der Waals surface area (Å²) in [6.45, 7) is 4.51. The molecule has 7 heteroatoms. The van der Waals surface area contributed by atoms with Crippen molar-refractivity contribution in [2.75, 3.05) is 18.9 Å². The van der Waals surface area contributed by atoms with E-state index in [2.05, 4.69) is 0 Å². The Hall–Kier alpha value is -1.60. The van der Waals surface area contributed by atoms with Crippen molar-refractivity contribution in [3.8, 4) is 0 Å². The van der Waals surface area contributed by atoms with Crippen molar-refractivity contribution in [2.45, 2.75) is 39.4 Å². The van der Waals surface area contributed by atoms with Crippen LogP contribution in [0.25, 0.3) is 0 Å². The molecule has 0 radical (unpaired) electrons. The van der Waals surface area contributed by atoms with Crippen LogP contribution in [-0.4, -0.2) is 31.3 Å². The molecular weight excluding hydrogens is 294 g/mol. The lowest BCUT2D eigenvalue weighted by Crippen LogP contribution is -2.26. The number of hydrogen-bond acceptors (Lipinski definition) is 7. The average Bonchev–Trinajstić information content (AvgIpc) is 2.74. The van der Waals surface area contributed by atoms with Crippen LogP contribution in [0.4, 0.5) is 5.00 Å². The van der Waals surface area contributed by atoms with Crippen molar-refractivity contribution in [3.63, 3.8) is 0 Å². The molecule has 0 fully saturated rings. The Balaban J connectivity index is 2.15. The number of nitrogens with two attached hydrogens (primary N) is 1. The molecule has 2 heterocycles. The molecule has 0 aromatic carbocycles. The summed E-state index contributed by atoms with van der Waals surface area (Å²) in [6, 6.07) is 0. The second kappa shape index (κ2) is 6.91. The van der Waals surface area contributed by atoms with Crippen LogP contribution in [0.1, 0.15) is 41.1 Å². The number of hydrogen-bond donors (Lipinski definition) is 1. The molecule has 0 bridgehead atoms. The molecule has 0 spiro atoms. The fourth-order valence-electron chi connectivity index (χ4n) is 2.31. The Morgan fingerprint density at radius 3 is 2.71 bits per heavy atom. The highest BCUT2D eigenvalue weighted by molar-refractivity contribution is 7.16. The molecule has 0 saturated carbocycles. The number of ether oxygens (including phenoxy) is 3. The Morgan fingerprint density at radius 2 is 2.05 bits per heavy atom. The van der Waals surface area contributed by atoms with E-state index in [0.717, 1.165) is 10.4 Å². The molecule has 21 heavy (non-hydrogen) atoms. The van der Waals surface area contributed by atoms with Crippen LogP contribution in [0.2, 0.25) is 0 Å². The van der Waals surface area contributed by atoms with E-state index >= 15 is 0 Å². The number of anilines is 1. The van der Waals surface area contributed by atoms with E-state index in [9.17, 15) is 9.59 Å². The highest BCUT2D eigenvalue weighted by Gasteiger charge is 2.30. The lowest BCUT2D eigenvalue weighted by atomic mass is 9.99. The van der Waals surface area contributed by atoms with Crippen molar-refractivity contribution in [1.29, 1.82) is 0 Å². The summed E-state index contributed by atoms with van der Waals surface area (Å²) >= 11 is 1.34. The Bertz CT molecular complexity index is 540. The molecule has 1 aliphatic heterocycles. The third-order valence-electron chi connectivity index (χ3n) is 3.18. The summed E-state index contributed by atoms with van der Waals surface area (Å²) in [5, 5.41) is 0.443. The van der Waals surface area contributed by atoms with Crippen LogP contribution in [0, 0.1) is 0 Å². The third-order valence-corrected chi connectivity index (χ3v) is 4.21. The second-order valence-electron chi connectivity index (χ2n) is 4.61. The standard InChI is InChI=1S/C14H19NO5S/c1-3-18-11(16)6-8-5-9-10(7-20-8)21-13(15)12(9)14(17)19-4-2/h8H,3-7,15H2,1-2H3. The van der Waals surface area contributed by atoms with Gasteiger partial charge in [-0.25, -0.2) is 4.79 Å². The van der Waals surface area contributed by atoms with Crippen molar-refractivity contribution in [1.82, 2.24) is 0 Å². The van der Waals surface area contributed by atoms with Gasteiger partial charge in [-0.2, -0.15) is 0 Å². The molecule has 1 aromatic heterocycles. The summed E-state index contributed by atoms with van der Waals surface area (Å²) in [6.07, 6.45) is 0.347. The minimum Gasteiger partial charge on any atom is -0.466 e. The van der Waals surface area contributed by atoms with E-state index < -0.39 is 5.97 Å².